The van der Waals surface area contributed by atoms with Crippen LogP contribution in [0.4, 0.5) is 0 Å². The van der Waals surface area contributed by atoms with Gasteiger partial charge in [-0.3, -0.25) is 10.1 Å². The minimum Gasteiger partial charge on any atom is -0.389 e. The first-order valence-corrected chi connectivity index (χ1v) is 8.88. The van der Waals surface area contributed by atoms with Crippen LogP contribution >= 0.6 is 0 Å². The molecule has 0 spiro atoms. The zero-order chi connectivity index (χ0) is 16.0. The van der Waals surface area contributed by atoms with Crippen LogP contribution in [-0.4, -0.2) is 22.2 Å². The van der Waals surface area contributed by atoms with Gasteiger partial charge in [0.2, 0.25) is 5.54 Å². The van der Waals surface area contributed by atoms with Crippen LogP contribution in [0.15, 0.2) is 0 Å². The van der Waals surface area contributed by atoms with Crippen molar-refractivity contribution in [1.29, 1.82) is 0 Å². The summed E-state index contributed by atoms with van der Waals surface area (Å²) in [6.07, 6.45) is 13.7. The molecule has 0 bridgehead atoms. The van der Waals surface area contributed by atoms with Crippen LogP contribution in [0.2, 0.25) is 0 Å². The van der Waals surface area contributed by atoms with Crippen molar-refractivity contribution in [2.45, 2.75) is 103 Å². The summed E-state index contributed by atoms with van der Waals surface area (Å²) >= 11 is 0. The quantitative estimate of drug-likeness (QED) is 0.260. The van der Waals surface area contributed by atoms with Crippen molar-refractivity contribution in [1.82, 2.24) is 0 Å². The summed E-state index contributed by atoms with van der Waals surface area (Å²) in [4.78, 5) is 11.0. The van der Waals surface area contributed by atoms with Gasteiger partial charge >= 0.3 is 0 Å². The Labute approximate surface area is 130 Å². The molecule has 4 nitrogen and oxygen atoms in total. The number of rotatable bonds is 15. The zero-order valence-electron chi connectivity index (χ0n) is 14.1. The average Bonchev–Trinajstić information content (AvgIpc) is 2.48. The Bertz CT molecular complexity index is 258. The Morgan fingerprint density at radius 3 is 1.67 bits per heavy atom. The lowest BCUT2D eigenvalue weighted by molar-refractivity contribution is -0.576. The van der Waals surface area contributed by atoms with E-state index in [9.17, 15) is 15.2 Å². The second kappa shape index (κ2) is 13.1. The van der Waals surface area contributed by atoms with Crippen molar-refractivity contribution in [2.75, 3.05) is 6.61 Å². The molecule has 1 atom stereocenters. The van der Waals surface area contributed by atoms with Crippen molar-refractivity contribution >= 4 is 0 Å². The third-order valence-corrected chi connectivity index (χ3v) is 4.42. The third-order valence-electron chi connectivity index (χ3n) is 4.42. The lowest BCUT2D eigenvalue weighted by atomic mass is 9.88. The van der Waals surface area contributed by atoms with Crippen LogP contribution in [0, 0.1) is 10.1 Å². The molecule has 0 aromatic rings. The summed E-state index contributed by atoms with van der Waals surface area (Å²) < 4.78 is 0. The Hall–Kier alpha value is -0.640. The fourth-order valence-electron chi connectivity index (χ4n) is 2.79. The maximum Gasteiger partial charge on any atom is 0.244 e. The highest BCUT2D eigenvalue weighted by molar-refractivity contribution is 4.78. The standard InChI is InChI=1S/C17H35NO3/c1-3-5-7-8-9-10-11-12-13-15-17(16-19,18(20)21)14-6-4-2/h19H,3-16H2,1-2H3. The molecule has 0 heterocycles. The summed E-state index contributed by atoms with van der Waals surface area (Å²) in [6, 6.07) is 0. The maximum absolute atomic E-state index is 11.3. The molecule has 0 aromatic carbocycles. The summed E-state index contributed by atoms with van der Waals surface area (Å²) in [7, 11) is 0. The fourth-order valence-corrected chi connectivity index (χ4v) is 2.79. The van der Waals surface area contributed by atoms with Crippen LogP contribution in [-0.2, 0) is 0 Å². The van der Waals surface area contributed by atoms with E-state index in [-0.39, 0.29) is 11.5 Å². The number of unbranched alkanes of at least 4 members (excludes halogenated alkanes) is 9. The molecule has 0 aromatic heterocycles. The van der Waals surface area contributed by atoms with E-state index in [0.717, 1.165) is 25.7 Å². The Balaban J connectivity index is 3.80. The molecule has 4 heteroatoms. The maximum atomic E-state index is 11.3. The van der Waals surface area contributed by atoms with Crippen molar-refractivity contribution in [3.8, 4) is 0 Å². The van der Waals surface area contributed by atoms with Crippen molar-refractivity contribution in [2.24, 2.45) is 0 Å². The lowest BCUT2D eigenvalue weighted by Gasteiger charge is -2.23. The molecule has 21 heavy (non-hydrogen) atoms. The van der Waals surface area contributed by atoms with Gasteiger partial charge in [0.05, 0.1) is 0 Å². The van der Waals surface area contributed by atoms with Crippen LogP contribution in [0.5, 0.6) is 0 Å². The Kier molecular flexibility index (Phi) is 12.7. The van der Waals surface area contributed by atoms with Gasteiger partial charge in [-0.25, -0.2) is 0 Å². The van der Waals surface area contributed by atoms with Gasteiger partial charge in [-0.2, -0.15) is 0 Å². The van der Waals surface area contributed by atoms with E-state index < -0.39 is 5.54 Å². The summed E-state index contributed by atoms with van der Waals surface area (Å²) in [5.41, 5.74) is -1.09. The predicted molar refractivity (Wildman–Crippen MR) is 88.2 cm³/mol. The number of aliphatic hydroxyl groups is 1. The SMILES string of the molecule is CCCCCCCCCCCC(CO)(CCCC)[N+](=O)[O-]. The topological polar surface area (TPSA) is 63.4 Å². The molecule has 126 valence electrons. The molecular weight excluding hydrogens is 266 g/mol. The molecule has 0 saturated heterocycles. The van der Waals surface area contributed by atoms with Gasteiger partial charge in [-0.05, 0) is 12.8 Å². The van der Waals surface area contributed by atoms with E-state index in [1.165, 1.54) is 44.9 Å². The number of hydrogen-bond donors (Lipinski definition) is 1. The molecule has 0 saturated carbocycles. The molecule has 0 aliphatic heterocycles. The van der Waals surface area contributed by atoms with Gasteiger partial charge in [-0.15, -0.1) is 0 Å². The van der Waals surface area contributed by atoms with E-state index in [2.05, 4.69) is 6.92 Å². The molecular formula is C17H35NO3. The minimum atomic E-state index is -1.09. The first-order valence-electron chi connectivity index (χ1n) is 8.88. The minimum absolute atomic E-state index is 0.243. The number of hydrogen-bond acceptors (Lipinski definition) is 3. The van der Waals surface area contributed by atoms with E-state index in [4.69, 9.17) is 0 Å². The van der Waals surface area contributed by atoms with Gasteiger partial charge in [-0.1, -0.05) is 71.6 Å². The first kappa shape index (κ1) is 20.4. The van der Waals surface area contributed by atoms with Crippen molar-refractivity contribution < 1.29 is 10.0 Å². The predicted octanol–water partition coefficient (Wildman–Crippen LogP) is 5.11. The summed E-state index contributed by atoms with van der Waals surface area (Å²) in [5, 5.41) is 20.7. The van der Waals surface area contributed by atoms with Crippen molar-refractivity contribution in [3.63, 3.8) is 0 Å². The molecule has 0 fully saturated rings. The molecule has 0 aliphatic rings. The van der Waals surface area contributed by atoms with E-state index in [1.807, 2.05) is 6.92 Å². The Morgan fingerprint density at radius 1 is 0.810 bits per heavy atom. The third kappa shape index (κ3) is 9.07. The van der Waals surface area contributed by atoms with Crippen LogP contribution < -0.4 is 0 Å². The van der Waals surface area contributed by atoms with Gasteiger partial charge in [0, 0.05) is 17.8 Å². The highest BCUT2D eigenvalue weighted by Crippen LogP contribution is 2.25. The fraction of sp³-hybridized carbons (Fsp3) is 1.00. The second-order valence-corrected chi connectivity index (χ2v) is 6.32. The highest BCUT2D eigenvalue weighted by atomic mass is 16.6. The van der Waals surface area contributed by atoms with Gasteiger partial charge in [0.1, 0.15) is 6.61 Å². The largest absolute Gasteiger partial charge is 0.389 e. The molecule has 1 unspecified atom stereocenters. The van der Waals surface area contributed by atoms with Gasteiger partial charge < -0.3 is 5.11 Å². The van der Waals surface area contributed by atoms with Gasteiger partial charge in [0.15, 0.2) is 0 Å². The molecule has 1 N–H and O–H groups in total. The van der Waals surface area contributed by atoms with E-state index in [0.29, 0.717) is 12.8 Å². The first-order chi connectivity index (χ1) is 10.1. The summed E-state index contributed by atoms with van der Waals surface area (Å²) in [6.45, 7) is 3.93. The Morgan fingerprint density at radius 2 is 1.24 bits per heavy atom. The molecule has 0 amide bonds. The smallest absolute Gasteiger partial charge is 0.244 e. The van der Waals surface area contributed by atoms with Crippen molar-refractivity contribution in [3.05, 3.63) is 10.1 Å². The average molecular weight is 301 g/mol. The second-order valence-electron chi connectivity index (χ2n) is 6.32. The molecule has 0 rings (SSSR count). The van der Waals surface area contributed by atoms with E-state index in [1.54, 1.807) is 0 Å². The monoisotopic (exact) mass is 301 g/mol. The van der Waals surface area contributed by atoms with Crippen LogP contribution in [0.1, 0.15) is 97.3 Å². The highest BCUT2D eigenvalue weighted by Gasteiger charge is 2.40. The number of nitro groups is 1. The number of nitrogens with zero attached hydrogens (tertiary/aromatic N) is 1. The zero-order valence-corrected chi connectivity index (χ0v) is 14.1. The van der Waals surface area contributed by atoms with Crippen LogP contribution in [0.25, 0.3) is 0 Å². The normalized spacial score (nSPS) is 14.0. The molecule has 0 radical (unpaired) electrons. The lowest BCUT2D eigenvalue weighted by Crippen LogP contribution is -2.42. The molecule has 0 aliphatic carbocycles. The van der Waals surface area contributed by atoms with Crippen LogP contribution in [0.3, 0.4) is 0 Å². The summed E-state index contributed by atoms with van der Waals surface area (Å²) in [5.74, 6) is 0. The van der Waals surface area contributed by atoms with Gasteiger partial charge in [0.25, 0.3) is 0 Å². The number of aliphatic hydroxyl groups excluding tert-OH is 1. The van der Waals surface area contributed by atoms with E-state index >= 15 is 0 Å².